The molecule has 2 aliphatic rings. The van der Waals surface area contributed by atoms with E-state index in [4.69, 9.17) is 0 Å². The molecule has 4 heteroatoms. The highest BCUT2D eigenvalue weighted by atomic mass is 28.3. The molecule has 108 valence electrons. The third-order valence-corrected chi connectivity index (χ3v) is 7.24. The Balaban J connectivity index is 2.16. The molecule has 2 rings (SSSR count). The van der Waals surface area contributed by atoms with E-state index in [0.717, 1.165) is 0 Å². The zero-order chi connectivity index (χ0) is 15.0. The molecule has 0 amide bonds. The summed E-state index contributed by atoms with van der Waals surface area (Å²) in [6.07, 6.45) is 17.8. The summed E-state index contributed by atoms with van der Waals surface area (Å²) in [6.45, 7) is 14.1. The highest BCUT2D eigenvalue weighted by Crippen LogP contribution is 2.24. The molecular formula is C16H26N2Si2. The minimum absolute atomic E-state index is 1.27. The van der Waals surface area contributed by atoms with Crippen molar-refractivity contribution in [1.82, 2.24) is 9.13 Å². The van der Waals surface area contributed by atoms with Crippen molar-refractivity contribution in [3.63, 3.8) is 0 Å². The first-order valence-electron chi connectivity index (χ1n) is 7.22. The lowest BCUT2D eigenvalue weighted by molar-refractivity contribution is 0.747. The topological polar surface area (TPSA) is 6.48 Å². The Kier molecular flexibility index (Phi) is 3.98. The van der Waals surface area contributed by atoms with Gasteiger partial charge in [0.25, 0.3) is 0 Å². The van der Waals surface area contributed by atoms with Crippen LogP contribution in [0.2, 0.25) is 39.3 Å². The number of hydrogen-bond acceptors (Lipinski definition) is 2. The van der Waals surface area contributed by atoms with E-state index in [1.807, 2.05) is 0 Å². The SMILES string of the molecule is C[Si](C)(C)N1C=CC(=C2C=CN([Si](C)(C)C)C=C2)C=C1. The second-order valence-corrected chi connectivity index (χ2v) is 17.0. The van der Waals surface area contributed by atoms with E-state index >= 15 is 0 Å². The van der Waals surface area contributed by atoms with E-state index in [2.05, 4.69) is 97.5 Å². The van der Waals surface area contributed by atoms with Crippen molar-refractivity contribution < 1.29 is 0 Å². The normalized spacial score (nSPS) is 19.3. The van der Waals surface area contributed by atoms with Crippen LogP contribution >= 0.6 is 0 Å². The van der Waals surface area contributed by atoms with Gasteiger partial charge in [0.2, 0.25) is 0 Å². The lowest BCUT2D eigenvalue weighted by Gasteiger charge is -2.33. The monoisotopic (exact) mass is 302 g/mol. The fourth-order valence-electron chi connectivity index (χ4n) is 2.13. The quantitative estimate of drug-likeness (QED) is 0.686. The maximum absolute atomic E-state index is 2.38. The Morgan fingerprint density at radius 3 is 1.00 bits per heavy atom. The molecule has 0 aromatic rings. The van der Waals surface area contributed by atoms with Gasteiger partial charge in [0.1, 0.15) is 0 Å². The predicted molar refractivity (Wildman–Crippen MR) is 94.0 cm³/mol. The van der Waals surface area contributed by atoms with Gasteiger partial charge in [0.15, 0.2) is 16.5 Å². The third-order valence-electron chi connectivity index (χ3n) is 3.54. The van der Waals surface area contributed by atoms with Gasteiger partial charge in [-0.1, -0.05) is 39.3 Å². The molecule has 0 aromatic heterocycles. The van der Waals surface area contributed by atoms with E-state index in [0.29, 0.717) is 0 Å². The summed E-state index contributed by atoms with van der Waals surface area (Å²) in [4.78, 5) is 0. The Morgan fingerprint density at radius 1 is 0.550 bits per heavy atom. The minimum Gasteiger partial charge on any atom is -0.381 e. The number of nitrogens with zero attached hydrogens (tertiary/aromatic N) is 2. The molecule has 0 spiro atoms. The maximum atomic E-state index is 2.38. The van der Waals surface area contributed by atoms with Crippen LogP contribution in [0.1, 0.15) is 0 Å². The van der Waals surface area contributed by atoms with Crippen LogP contribution in [0.5, 0.6) is 0 Å². The lowest BCUT2D eigenvalue weighted by Crippen LogP contribution is -2.39. The molecule has 0 saturated heterocycles. The molecular weight excluding hydrogens is 276 g/mol. The van der Waals surface area contributed by atoms with Crippen molar-refractivity contribution in [3.05, 3.63) is 60.3 Å². The van der Waals surface area contributed by atoms with Crippen molar-refractivity contribution in [2.75, 3.05) is 0 Å². The van der Waals surface area contributed by atoms with Gasteiger partial charge >= 0.3 is 0 Å². The Hall–Kier alpha value is -1.27. The van der Waals surface area contributed by atoms with Crippen LogP contribution in [0.4, 0.5) is 0 Å². The Morgan fingerprint density at radius 2 is 0.800 bits per heavy atom. The molecule has 0 bridgehead atoms. The van der Waals surface area contributed by atoms with Gasteiger partial charge in [0, 0.05) is 0 Å². The van der Waals surface area contributed by atoms with Crippen LogP contribution < -0.4 is 0 Å². The molecule has 0 aromatic carbocycles. The number of rotatable bonds is 2. The zero-order valence-corrected chi connectivity index (χ0v) is 15.5. The average molecular weight is 303 g/mol. The minimum atomic E-state index is -1.27. The van der Waals surface area contributed by atoms with E-state index in [1.165, 1.54) is 11.1 Å². The average Bonchev–Trinajstić information content (AvgIpc) is 2.37. The van der Waals surface area contributed by atoms with Crippen molar-refractivity contribution >= 4 is 16.5 Å². The van der Waals surface area contributed by atoms with Crippen molar-refractivity contribution in [2.45, 2.75) is 39.3 Å². The summed E-state index contributed by atoms with van der Waals surface area (Å²) in [6, 6.07) is 0. The first-order chi connectivity index (χ1) is 9.18. The standard InChI is InChI=1S/C16H26N2Si2/c1-19(2,3)17-11-7-15(8-12-17)16-9-13-18(14-10-16)20(4,5)6/h7-14H,1-6H3. The molecule has 2 nitrogen and oxygen atoms in total. The smallest absolute Gasteiger partial charge is 0.152 e. The fraction of sp³-hybridized carbons (Fsp3) is 0.375. The van der Waals surface area contributed by atoms with Crippen LogP contribution in [0.15, 0.2) is 60.3 Å². The van der Waals surface area contributed by atoms with Gasteiger partial charge in [-0.25, -0.2) is 0 Å². The predicted octanol–water partition coefficient (Wildman–Crippen LogP) is 4.64. The molecule has 0 saturated carbocycles. The van der Waals surface area contributed by atoms with Gasteiger partial charge in [0.05, 0.1) is 0 Å². The summed E-state index contributed by atoms with van der Waals surface area (Å²) >= 11 is 0. The second kappa shape index (κ2) is 5.26. The number of allylic oxidation sites excluding steroid dienone is 6. The van der Waals surface area contributed by atoms with Crippen LogP contribution in [0.25, 0.3) is 0 Å². The van der Waals surface area contributed by atoms with Crippen molar-refractivity contribution in [1.29, 1.82) is 0 Å². The Bertz CT molecular complexity index is 446. The summed E-state index contributed by atoms with van der Waals surface area (Å²) in [5.41, 5.74) is 2.59. The van der Waals surface area contributed by atoms with Crippen LogP contribution in [-0.2, 0) is 0 Å². The van der Waals surface area contributed by atoms with E-state index in [9.17, 15) is 0 Å². The summed E-state index contributed by atoms with van der Waals surface area (Å²) in [7, 11) is -2.55. The highest BCUT2D eigenvalue weighted by molar-refractivity contribution is 6.74. The van der Waals surface area contributed by atoms with Gasteiger partial charge in [-0.2, -0.15) is 0 Å². The second-order valence-electron chi connectivity index (χ2n) is 7.33. The summed E-state index contributed by atoms with van der Waals surface area (Å²) in [5, 5.41) is 0. The fourth-order valence-corrected chi connectivity index (χ4v) is 4.22. The summed E-state index contributed by atoms with van der Waals surface area (Å²) in [5.74, 6) is 0. The molecule has 0 unspecified atom stereocenters. The number of hydrogen-bond donors (Lipinski definition) is 0. The lowest BCUT2D eigenvalue weighted by atomic mass is 10.1. The molecule has 0 fully saturated rings. The Labute approximate surface area is 125 Å². The maximum Gasteiger partial charge on any atom is 0.152 e. The van der Waals surface area contributed by atoms with Crippen molar-refractivity contribution in [2.24, 2.45) is 0 Å². The molecule has 0 aliphatic carbocycles. The van der Waals surface area contributed by atoms with E-state index in [-0.39, 0.29) is 0 Å². The van der Waals surface area contributed by atoms with E-state index in [1.54, 1.807) is 0 Å². The highest BCUT2D eigenvalue weighted by Gasteiger charge is 2.22. The van der Waals surface area contributed by atoms with Crippen LogP contribution in [-0.4, -0.2) is 25.6 Å². The van der Waals surface area contributed by atoms with Gasteiger partial charge < -0.3 is 9.13 Å². The molecule has 20 heavy (non-hydrogen) atoms. The van der Waals surface area contributed by atoms with Crippen LogP contribution in [0.3, 0.4) is 0 Å². The van der Waals surface area contributed by atoms with E-state index < -0.39 is 16.5 Å². The summed E-state index contributed by atoms with van der Waals surface area (Å²) < 4.78 is 4.75. The zero-order valence-electron chi connectivity index (χ0n) is 13.5. The van der Waals surface area contributed by atoms with Gasteiger partial charge in [-0.15, -0.1) is 0 Å². The molecule has 0 N–H and O–H groups in total. The first-order valence-corrected chi connectivity index (χ1v) is 14.1. The molecule has 0 atom stereocenters. The third kappa shape index (κ3) is 3.43. The van der Waals surface area contributed by atoms with Gasteiger partial charge in [-0.3, -0.25) is 0 Å². The first kappa shape index (κ1) is 15.1. The largest absolute Gasteiger partial charge is 0.381 e. The molecule has 2 aliphatic heterocycles. The molecule has 2 heterocycles. The van der Waals surface area contributed by atoms with Crippen LogP contribution in [0, 0.1) is 0 Å². The van der Waals surface area contributed by atoms with Gasteiger partial charge in [-0.05, 0) is 60.3 Å². The van der Waals surface area contributed by atoms with Crippen molar-refractivity contribution in [3.8, 4) is 0 Å². The molecule has 0 radical (unpaired) electrons.